The van der Waals surface area contributed by atoms with E-state index in [9.17, 15) is 19.5 Å². The second-order valence-electron chi connectivity index (χ2n) is 9.61. The van der Waals surface area contributed by atoms with Crippen LogP contribution in [-0.4, -0.2) is 41.3 Å². The van der Waals surface area contributed by atoms with E-state index in [2.05, 4.69) is 34.9 Å². The monoisotopic (exact) mass is 478 g/mol. The Morgan fingerprint density at radius 3 is 2.14 bits per heavy atom. The van der Waals surface area contributed by atoms with Crippen molar-refractivity contribution in [2.45, 2.75) is 69.9 Å². The summed E-state index contributed by atoms with van der Waals surface area (Å²) in [6.45, 7) is 3.76. The van der Waals surface area contributed by atoms with Crippen molar-refractivity contribution in [2.75, 3.05) is 6.61 Å². The fraction of sp³-hybridized carbons (Fsp3) is 0.464. The van der Waals surface area contributed by atoms with E-state index < -0.39 is 17.6 Å². The molecule has 7 heteroatoms. The molecule has 0 heterocycles. The molecule has 35 heavy (non-hydrogen) atoms. The number of carbonyl (C=O) groups is 3. The molecular weight excluding hydrogens is 444 g/mol. The molecule has 2 amide bonds. The first-order valence-corrected chi connectivity index (χ1v) is 12.5. The van der Waals surface area contributed by atoms with Gasteiger partial charge in [-0.3, -0.25) is 4.79 Å². The molecule has 1 fully saturated rings. The van der Waals surface area contributed by atoms with Gasteiger partial charge in [0.1, 0.15) is 12.1 Å². The summed E-state index contributed by atoms with van der Waals surface area (Å²) in [6, 6.07) is 16.2. The van der Waals surface area contributed by atoms with Gasteiger partial charge in [0.05, 0.1) is 0 Å². The number of carbonyl (C=O) groups excluding carboxylic acids is 2. The summed E-state index contributed by atoms with van der Waals surface area (Å²) < 4.78 is 5.67. The summed E-state index contributed by atoms with van der Waals surface area (Å²) in [6.07, 6.45) is 2.81. The van der Waals surface area contributed by atoms with E-state index in [-0.39, 0.29) is 36.8 Å². The number of fused-ring (bicyclic) bond motifs is 3. The van der Waals surface area contributed by atoms with E-state index in [1.165, 1.54) is 11.1 Å². The molecule has 0 aromatic heterocycles. The molecule has 2 aliphatic rings. The molecule has 0 unspecified atom stereocenters. The van der Waals surface area contributed by atoms with E-state index in [0.717, 1.165) is 30.4 Å². The van der Waals surface area contributed by atoms with Crippen LogP contribution in [0.5, 0.6) is 0 Å². The molecule has 2 aromatic rings. The van der Waals surface area contributed by atoms with Gasteiger partial charge in [0.2, 0.25) is 5.91 Å². The number of benzene rings is 2. The van der Waals surface area contributed by atoms with E-state index in [1.54, 1.807) is 13.8 Å². The standard InChI is InChI=1S/C28H34N2O5/c1-3-28(4-2,26(32)33)30-25(31)16-18-10-9-15-24(18)29-27(34)35-17-23-21-13-7-5-11-19(21)20-12-6-8-14-22(20)23/h5-8,11-14,18,23-24H,3-4,9-10,15-17H2,1-2H3,(H,29,34)(H,30,31)(H,32,33)/t18-,24+/m0/s1. The van der Waals surface area contributed by atoms with E-state index in [0.29, 0.717) is 12.8 Å². The number of ether oxygens (including phenoxy) is 1. The van der Waals surface area contributed by atoms with Crippen LogP contribution in [0.15, 0.2) is 48.5 Å². The Morgan fingerprint density at radius 2 is 1.57 bits per heavy atom. The molecule has 2 atom stereocenters. The smallest absolute Gasteiger partial charge is 0.407 e. The summed E-state index contributed by atoms with van der Waals surface area (Å²) in [5.74, 6) is -1.36. The first kappa shape index (κ1) is 24.8. The highest BCUT2D eigenvalue weighted by Gasteiger charge is 2.38. The minimum Gasteiger partial charge on any atom is -0.480 e. The summed E-state index contributed by atoms with van der Waals surface area (Å²) in [5.41, 5.74) is 3.42. The lowest BCUT2D eigenvalue weighted by molar-refractivity contribution is -0.148. The highest BCUT2D eigenvalue weighted by Crippen LogP contribution is 2.44. The Bertz CT molecular complexity index is 1050. The SMILES string of the molecule is CCC(CC)(NC(=O)C[C@@H]1CCC[C@H]1NC(=O)OCC1c2ccccc2-c2ccccc21)C(=O)O. The van der Waals surface area contributed by atoms with Crippen molar-refractivity contribution in [1.29, 1.82) is 0 Å². The lowest BCUT2D eigenvalue weighted by Crippen LogP contribution is -2.54. The molecule has 0 radical (unpaired) electrons. The van der Waals surface area contributed by atoms with Crippen molar-refractivity contribution in [3.8, 4) is 11.1 Å². The molecule has 2 aliphatic carbocycles. The topological polar surface area (TPSA) is 105 Å². The maximum atomic E-state index is 12.7. The third kappa shape index (κ3) is 5.04. The van der Waals surface area contributed by atoms with Crippen LogP contribution < -0.4 is 10.6 Å². The Hall–Kier alpha value is -3.35. The zero-order valence-electron chi connectivity index (χ0n) is 20.4. The van der Waals surface area contributed by atoms with Gasteiger partial charge in [-0.25, -0.2) is 9.59 Å². The van der Waals surface area contributed by atoms with Crippen molar-refractivity contribution in [1.82, 2.24) is 10.6 Å². The van der Waals surface area contributed by atoms with Gasteiger partial charge in [-0.2, -0.15) is 0 Å². The van der Waals surface area contributed by atoms with Crippen LogP contribution in [0, 0.1) is 5.92 Å². The average molecular weight is 479 g/mol. The third-order valence-electron chi connectivity index (χ3n) is 7.75. The minimum absolute atomic E-state index is 0.00877. The van der Waals surface area contributed by atoms with Crippen molar-refractivity contribution in [2.24, 2.45) is 5.92 Å². The molecule has 4 rings (SSSR count). The highest BCUT2D eigenvalue weighted by atomic mass is 16.5. The van der Waals surface area contributed by atoms with Crippen LogP contribution in [-0.2, 0) is 14.3 Å². The quantitative estimate of drug-likeness (QED) is 0.478. The first-order valence-electron chi connectivity index (χ1n) is 12.5. The van der Waals surface area contributed by atoms with Crippen LogP contribution in [0.3, 0.4) is 0 Å². The largest absolute Gasteiger partial charge is 0.480 e. The zero-order chi connectivity index (χ0) is 25.0. The number of alkyl carbamates (subject to hydrolysis) is 1. The maximum absolute atomic E-state index is 12.7. The van der Waals surface area contributed by atoms with Crippen LogP contribution in [0.25, 0.3) is 11.1 Å². The molecule has 186 valence electrons. The van der Waals surface area contributed by atoms with Gasteiger partial charge in [-0.15, -0.1) is 0 Å². The van der Waals surface area contributed by atoms with E-state index in [1.807, 2.05) is 24.3 Å². The van der Waals surface area contributed by atoms with Crippen molar-refractivity contribution < 1.29 is 24.2 Å². The van der Waals surface area contributed by atoms with Crippen LogP contribution in [0.4, 0.5) is 4.79 Å². The number of rotatable bonds is 9. The Labute approximate surface area is 206 Å². The number of carboxylic acids is 1. The lowest BCUT2D eigenvalue weighted by atomic mass is 9.91. The lowest BCUT2D eigenvalue weighted by Gasteiger charge is -2.29. The van der Waals surface area contributed by atoms with E-state index in [4.69, 9.17) is 4.74 Å². The van der Waals surface area contributed by atoms with Crippen molar-refractivity contribution in [3.05, 3.63) is 59.7 Å². The molecule has 3 N–H and O–H groups in total. The molecule has 0 bridgehead atoms. The highest BCUT2D eigenvalue weighted by molar-refractivity contribution is 5.87. The van der Waals surface area contributed by atoms with Gasteiger partial charge in [0.15, 0.2) is 0 Å². The summed E-state index contributed by atoms with van der Waals surface area (Å²) in [7, 11) is 0. The summed E-state index contributed by atoms with van der Waals surface area (Å²) in [5, 5.41) is 15.3. The van der Waals surface area contributed by atoms with Crippen molar-refractivity contribution >= 4 is 18.0 Å². The van der Waals surface area contributed by atoms with Crippen LogP contribution in [0.1, 0.15) is 69.4 Å². The second kappa shape index (κ2) is 10.5. The minimum atomic E-state index is -1.24. The predicted octanol–water partition coefficient (Wildman–Crippen LogP) is 4.84. The molecule has 2 aromatic carbocycles. The molecule has 0 spiro atoms. The van der Waals surface area contributed by atoms with E-state index >= 15 is 0 Å². The molecule has 1 saturated carbocycles. The van der Waals surface area contributed by atoms with Gasteiger partial charge >= 0.3 is 12.1 Å². The van der Waals surface area contributed by atoms with Gasteiger partial charge in [0, 0.05) is 18.4 Å². The number of hydrogen-bond donors (Lipinski definition) is 3. The number of amides is 2. The first-order chi connectivity index (χ1) is 16.9. The molecule has 0 aliphatic heterocycles. The summed E-state index contributed by atoms with van der Waals surface area (Å²) >= 11 is 0. The van der Waals surface area contributed by atoms with Gasteiger partial charge < -0.3 is 20.5 Å². The Morgan fingerprint density at radius 1 is 0.971 bits per heavy atom. The molecular formula is C28H34N2O5. The average Bonchev–Trinajstić information content (AvgIpc) is 3.42. The van der Waals surface area contributed by atoms with Gasteiger partial charge in [-0.05, 0) is 53.9 Å². The number of nitrogens with one attached hydrogen (secondary N) is 2. The fourth-order valence-corrected chi connectivity index (χ4v) is 5.60. The summed E-state index contributed by atoms with van der Waals surface area (Å²) in [4.78, 5) is 37.1. The zero-order valence-corrected chi connectivity index (χ0v) is 20.4. The Balaban J connectivity index is 1.34. The predicted molar refractivity (Wildman–Crippen MR) is 133 cm³/mol. The van der Waals surface area contributed by atoms with Crippen LogP contribution in [0.2, 0.25) is 0 Å². The van der Waals surface area contributed by atoms with Gasteiger partial charge in [-0.1, -0.05) is 68.8 Å². The van der Waals surface area contributed by atoms with Crippen LogP contribution >= 0.6 is 0 Å². The Kier molecular flexibility index (Phi) is 7.43. The second-order valence-corrected chi connectivity index (χ2v) is 9.61. The van der Waals surface area contributed by atoms with Gasteiger partial charge in [0.25, 0.3) is 0 Å². The normalized spacial score (nSPS) is 19.0. The third-order valence-corrected chi connectivity index (χ3v) is 7.75. The number of carboxylic acid groups (broad SMARTS) is 1. The number of hydrogen-bond acceptors (Lipinski definition) is 4. The maximum Gasteiger partial charge on any atom is 0.407 e. The number of aliphatic carboxylic acids is 1. The molecule has 7 nitrogen and oxygen atoms in total. The fourth-order valence-electron chi connectivity index (χ4n) is 5.60. The van der Waals surface area contributed by atoms with Crippen molar-refractivity contribution in [3.63, 3.8) is 0 Å². The molecule has 0 saturated heterocycles.